The van der Waals surface area contributed by atoms with Gasteiger partial charge in [-0.15, -0.1) is 0 Å². The first-order valence-corrected chi connectivity index (χ1v) is 8.73. The molecule has 6 heteroatoms. The lowest BCUT2D eigenvalue weighted by Gasteiger charge is -2.15. The Labute approximate surface area is 158 Å². The topological polar surface area (TPSA) is 64.6 Å². The van der Waals surface area contributed by atoms with Gasteiger partial charge in [0.2, 0.25) is 5.91 Å². The minimum Gasteiger partial charge on any atom is -0.489 e. The van der Waals surface area contributed by atoms with E-state index in [1.165, 1.54) is 26.2 Å². The molecule has 5 nitrogen and oxygen atoms in total. The van der Waals surface area contributed by atoms with Crippen LogP contribution in [0.1, 0.15) is 24.5 Å². The minimum absolute atomic E-state index is 0.0709. The van der Waals surface area contributed by atoms with Crippen molar-refractivity contribution in [3.05, 3.63) is 65.5 Å². The number of amides is 1. The summed E-state index contributed by atoms with van der Waals surface area (Å²) < 4.78 is 23.8. The van der Waals surface area contributed by atoms with E-state index < -0.39 is 6.04 Å². The molecule has 0 aliphatic heterocycles. The van der Waals surface area contributed by atoms with Crippen LogP contribution < -0.4 is 10.1 Å². The maximum atomic E-state index is 13.2. The molecule has 27 heavy (non-hydrogen) atoms. The van der Waals surface area contributed by atoms with E-state index in [1.807, 2.05) is 24.3 Å². The number of Topliss-reactive ketones (excluding diaryl/α,β-unsaturated/α-hetero) is 1. The van der Waals surface area contributed by atoms with E-state index in [4.69, 9.17) is 9.47 Å². The Morgan fingerprint density at radius 1 is 1.11 bits per heavy atom. The Morgan fingerprint density at radius 3 is 2.48 bits per heavy atom. The Balaban J connectivity index is 1.84. The smallest absolute Gasteiger partial charge is 0.217 e. The Bertz CT molecular complexity index is 761. The molecule has 2 rings (SSSR count). The predicted octanol–water partition coefficient (Wildman–Crippen LogP) is 3.06. The number of ether oxygens (including phenoxy) is 2. The van der Waals surface area contributed by atoms with Gasteiger partial charge >= 0.3 is 0 Å². The molecule has 0 radical (unpaired) electrons. The number of methoxy groups -OCH3 is 1. The number of hydrogen-bond donors (Lipinski definition) is 1. The lowest BCUT2D eigenvalue weighted by atomic mass is 10.0. The van der Waals surface area contributed by atoms with Crippen molar-refractivity contribution < 1.29 is 23.5 Å². The maximum absolute atomic E-state index is 13.2. The molecule has 0 spiro atoms. The fourth-order valence-corrected chi connectivity index (χ4v) is 2.61. The number of benzene rings is 2. The van der Waals surface area contributed by atoms with Gasteiger partial charge in [0.1, 0.15) is 24.2 Å². The predicted molar refractivity (Wildman–Crippen MR) is 100.0 cm³/mol. The van der Waals surface area contributed by atoms with Crippen molar-refractivity contribution in [2.75, 3.05) is 13.7 Å². The largest absolute Gasteiger partial charge is 0.489 e. The van der Waals surface area contributed by atoms with Gasteiger partial charge in [0.05, 0.1) is 6.61 Å². The molecule has 0 aromatic heterocycles. The highest BCUT2D eigenvalue weighted by Gasteiger charge is 2.18. The first-order valence-electron chi connectivity index (χ1n) is 8.73. The molecule has 0 saturated heterocycles. The molecular weight excluding hydrogens is 349 g/mol. The number of rotatable bonds is 10. The average Bonchev–Trinajstić information content (AvgIpc) is 2.64. The van der Waals surface area contributed by atoms with E-state index in [0.29, 0.717) is 18.6 Å². The molecule has 0 fully saturated rings. The molecule has 2 aromatic rings. The average molecular weight is 373 g/mol. The number of nitrogens with one attached hydrogen (secondary N) is 1. The molecule has 0 unspecified atom stereocenters. The Kier molecular flexibility index (Phi) is 7.95. The number of aryl methyl sites for hydroxylation is 1. The van der Waals surface area contributed by atoms with E-state index in [2.05, 4.69) is 5.32 Å². The molecule has 0 saturated carbocycles. The van der Waals surface area contributed by atoms with Crippen molar-refractivity contribution in [3.63, 3.8) is 0 Å². The summed E-state index contributed by atoms with van der Waals surface area (Å²) in [6, 6.07) is 13.1. The van der Waals surface area contributed by atoms with Crippen LogP contribution in [0.25, 0.3) is 0 Å². The van der Waals surface area contributed by atoms with Gasteiger partial charge in [-0.1, -0.05) is 24.3 Å². The van der Waals surface area contributed by atoms with Crippen molar-refractivity contribution in [3.8, 4) is 5.75 Å². The van der Waals surface area contributed by atoms with Crippen molar-refractivity contribution in [1.29, 1.82) is 0 Å². The summed E-state index contributed by atoms with van der Waals surface area (Å²) in [6.07, 6.45) is 0.862. The molecular formula is C21H24FNO4. The highest BCUT2D eigenvalue weighted by Crippen LogP contribution is 2.16. The highest BCUT2D eigenvalue weighted by molar-refractivity contribution is 5.88. The zero-order valence-electron chi connectivity index (χ0n) is 15.5. The Hall–Kier alpha value is -2.73. The third-order valence-electron chi connectivity index (χ3n) is 3.98. The van der Waals surface area contributed by atoms with Crippen LogP contribution in [-0.2, 0) is 27.4 Å². The van der Waals surface area contributed by atoms with Gasteiger partial charge in [-0.2, -0.15) is 0 Å². The van der Waals surface area contributed by atoms with Crippen LogP contribution in [0, 0.1) is 5.82 Å². The van der Waals surface area contributed by atoms with Gasteiger partial charge in [0.25, 0.3) is 0 Å². The van der Waals surface area contributed by atoms with Gasteiger partial charge in [-0.3, -0.25) is 9.59 Å². The van der Waals surface area contributed by atoms with E-state index >= 15 is 0 Å². The van der Waals surface area contributed by atoms with Crippen LogP contribution in [0.3, 0.4) is 0 Å². The zero-order valence-corrected chi connectivity index (χ0v) is 15.5. The van der Waals surface area contributed by atoms with Crippen molar-refractivity contribution in [2.24, 2.45) is 0 Å². The van der Waals surface area contributed by atoms with Crippen LogP contribution in [0.4, 0.5) is 4.39 Å². The number of carbonyl (C=O) groups excluding carboxylic acids is 2. The third-order valence-corrected chi connectivity index (χ3v) is 3.98. The maximum Gasteiger partial charge on any atom is 0.217 e. The minimum atomic E-state index is -0.624. The summed E-state index contributed by atoms with van der Waals surface area (Å²) in [5, 5.41) is 2.60. The molecule has 0 aliphatic carbocycles. The van der Waals surface area contributed by atoms with E-state index in [-0.39, 0.29) is 30.7 Å². The molecule has 1 atom stereocenters. The number of carbonyl (C=O) groups is 2. The standard InChI is InChI=1S/C21H24FNO4/c1-15(24)23-20(14-26-2)21(25)11-8-16-6-9-19(10-7-16)27-13-17-4-3-5-18(22)12-17/h3-7,9-10,12,20H,8,11,13-14H2,1-2H3,(H,23,24)/t20-/m1/s1. The fourth-order valence-electron chi connectivity index (χ4n) is 2.61. The first kappa shape index (κ1) is 20.6. The Morgan fingerprint density at radius 2 is 1.85 bits per heavy atom. The second-order valence-corrected chi connectivity index (χ2v) is 6.24. The van der Waals surface area contributed by atoms with Crippen LogP contribution in [0.15, 0.2) is 48.5 Å². The lowest BCUT2D eigenvalue weighted by Crippen LogP contribution is -2.43. The van der Waals surface area contributed by atoms with E-state index in [0.717, 1.165) is 11.1 Å². The van der Waals surface area contributed by atoms with Crippen molar-refractivity contribution in [1.82, 2.24) is 5.32 Å². The lowest BCUT2D eigenvalue weighted by molar-refractivity contribution is -0.128. The van der Waals surface area contributed by atoms with Crippen LogP contribution in [0.2, 0.25) is 0 Å². The summed E-state index contributed by atoms with van der Waals surface area (Å²) in [7, 11) is 1.49. The molecule has 0 heterocycles. The van der Waals surface area contributed by atoms with E-state index in [9.17, 15) is 14.0 Å². The van der Waals surface area contributed by atoms with Crippen LogP contribution in [0.5, 0.6) is 5.75 Å². The third kappa shape index (κ3) is 7.19. The van der Waals surface area contributed by atoms with Crippen molar-refractivity contribution >= 4 is 11.7 Å². The van der Waals surface area contributed by atoms with Gasteiger partial charge in [0, 0.05) is 20.5 Å². The number of ketones is 1. The van der Waals surface area contributed by atoms with Gasteiger partial charge in [-0.25, -0.2) is 4.39 Å². The molecule has 1 N–H and O–H groups in total. The van der Waals surface area contributed by atoms with Gasteiger partial charge in [-0.05, 0) is 41.8 Å². The van der Waals surface area contributed by atoms with Crippen molar-refractivity contribution in [2.45, 2.75) is 32.4 Å². The molecule has 2 aromatic carbocycles. The summed E-state index contributed by atoms with van der Waals surface area (Å²) in [5.41, 5.74) is 1.74. The summed E-state index contributed by atoms with van der Waals surface area (Å²) >= 11 is 0. The quantitative estimate of drug-likeness (QED) is 0.695. The SMILES string of the molecule is COC[C@@H](NC(C)=O)C(=O)CCc1ccc(OCc2cccc(F)c2)cc1. The molecule has 1 amide bonds. The monoisotopic (exact) mass is 373 g/mol. The van der Waals surface area contributed by atoms with Crippen LogP contribution in [-0.4, -0.2) is 31.4 Å². The second kappa shape index (κ2) is 10.4. The number of halogens is 1. The van der Waals surface area contributed by atoms with E-state index in [1.54, 1.807) is 12.1 Å². The zero-order chi connectivity index (χ0) is 19.6. The summed E-state index contributed by atoms with van der Waals surface area (Å²) in [4.78, 5) is 23.4. The summed E-state index contributed by atoms with van der Waals surface area (Å²) in [5.74, 6) is 0.0516. The second-order valence-electron chi connectivity index (χ2n) is 6.24. The fraction of sp³-hybridized carbons (Fsp3) is 0.333. The molecule has 0 aliphatic rings. The molecule has 144 valence electrons. The summed E-state index contributed by atoms with van der Waals surface area (Å²) in [6.45, 7) is 1.81. The highest BCUT2D eigenvalue weighted by atomic mass is 19.1. The van der Waals surface area contributed by atoms with Crippen LogP contribution >= 0.6 is 0 Å². The van der Waals surface area contributed by atoms with Gasteiger partial charge in [0.15, 0.2) is 5.78 Å². The number of hydrogen-bond acceptors (Lipinski definition) is 4. The van der Waals surface area contributed by atoms with Gasteiger partial charge < -0.3 is 14.8 Å². The normalized spacial score (nSPS) is 11.7. The first-order chi connectivity index (χ1) is 13.0. The molecule has 0 bridgehead atoms.